The molecule has 1 saturated heterocycles. The molecule has 1 amide bonds. The van der Waals surface area contributed by atoms with Gasteiger partial charge in [0.25, 0.3) is 0 Å². The number of para-hydroxylation sites is 1. The molecule has 1 aliphatic heterocycles. The number of fused-ring (bicyclic) bond motifs is 1. The first kappa shape index (κ1) is 12.8. The number of ether oxygens (including phenoxy) is 1. The number of carbonyl (C=O) groups is 1. The maximum atomic E-state index is 11.1. The highest BCUT2D eigenvalue weighted by Gasteiger charge is 2.33. The molecule has 3 rings (SSSR count). The molecule has 1 aromatic heterocycles. The lowest BCUT2D eigenvalue weighted by Crippen LogP contribution is -2.33. The van der Waals surface area contributed by atoms with Crippen LogP contribution < -0.4 is 4.74 Å². The van der Waals surface area contributed by atoms with E-state index in [0.717, 1.165) is 16.7 Å². The second-order valence-electron chi connectivity index (χ2n) is 5.22. The van der Waals surface area contributed by atoms with E-state index in [2.05, 4.69) is 5.10 Å². The molecule has 0 bridgehead atoms. The molecule has 2 atom stereocenters. The van der Waals surface area contributed by atoms with Gasteiger partial charge in [-0.3, -0.25) is 4.68 Å². The van der Waals surface area contributed by atoms with Crippen LogP contribution in [0.15, 0.2) is 24.4 Å². The number of benzene rings is 1. The molecule has 1 fully saturated rings. The minimum Gasteiger partial charge on any atom is -0.486 e. The molecule has 106 valence electrons. The minimum absolute atomic E-state index is 0.0109. The van der Waals surface area contributed by atoms with Crippen LogP contribution in [-0.4, -0.2) is 44.6 Å². The highest BCUT2D eigenvalue weighted by atomic mass is 16.5. The van der Waals surface area contributed by atoms with Crippen molar-refractivity contribution in [1.29, 1.82) is 0 Å². The number of carboxylic acid groups (broad SMARTS) is 1. The summed E-state index contributed by atoms with van der Waals surface area (Å²) in [5, 5.41) is 14.3. The lowest BCUT2D eigenvalue weighted by molar-refractivity contribution is 0.137. The van der Waals surface area contributed by atoms with E-state index in [1.54, 1.807) is 10.9 Å². The molecular weight excluding hydrogens is 258 g/mol. The van der Waals surface area contributed by atoms with Gasteiger partial charge in [0.15, 0.2) is 0 Å². The third-order valence-electron chi connectivity index (χ3n) is 3.80. The molecule has 0 unspecified atom stereocenters. The van der Waals surface area contributed by atoms with Gasteiger partial charge >= 0.3 is 6.09 Å². The summed E-state index contributed by atoms with van der Waals surface area (Å²) in [4.78, 5) is 12.5. The van der Waals surface area contributed by atoms with Crippen molar-refractivity contribution < 1.29 is 14.6 Å². The number of nitrogens with zero attached hydrogens (tertiary/aromatic N) is 3. The zero-order valence-corrected chi connectivity index (χ0v) is 11.5. The fraction of sp³-hybridized carbons (Fsp3) is 0.429. The number of likely N-dealkylation sites (tertiary alicyclic amines) is 1. The highest BCUT2D eigenvalue weighted by molar-refractivity contribution is 5.84. The van der Waals surface area contributed by atoms with Crippen LogP contribution in [0.25, 0.3) is 10.9 Å². The Morgan fingerprint density at radius 1 is 1.50 bits per heavy atom. The van der Waals surface area contributed by atoms with Crippen molar-refractivity contribution in [1.82, 2.24) is 14.7 Å². The monoisotopic (exact) mass is 275 g/mol. The van der Waals surface area contributed by atoms with Crippen LogP contribution in [0.5, 0.6) is 5.75 Å². The van der Waals surface area contributed by atoms with Crippen molar-refractivity contribution in [3.05, 3.63) is 24.4 Å². The zero-order valence-electron chi connectivity index (χ0n) is 11.5. The van der Waals surface area contributed by atoms with Crippen LogP contribution in [0.2, 0.25) is 0 Å². The topological polar surface area (TPSA) is 67.6 Å². The molecule has 20 heavy (non-hydrogen) atoms. The van der Waals surface area contributed by atoms with Crippen LogP contribution >= 0.6 is 0 Å². The maximum absolute atomic E-state index is 11.1. The molecule has 0 aliphatic carbocycles. The summed E-state index contributed by atoms with van der Waals surface area (Å²) in [6, 6.07) is 5.80. The fourth-order valence-electron chi connectivity index (χ4n) is 2.80. The van der Waals surface area contributed by atoms with Crippen LogP contribution in [-0.2, 0) is 7.05 Å². The Morgan fingerprint density at radius 2 is 2.30 bits per heavy atom. The Morgan fingerprint density at radius 3 is 3.00 bits per heavy atom. The molecule has 6 nitrogen and oxygen atoms in total. The second-order valence-corrected chi connectivity index (χ2v) is 5.22. The van der Waals surface area contributed by atoms with E-state index < -0.39 is 6.09 Å². The average Bonchev–Trinajstić information content (AvgIpc) is 2.94. The summed E-state index contributed by atoms with van der Waals surface area (Å²) >= 11 is 0. The number of aryl methyl sites for hydroxylation is 1. The summed E-state index contributed by atoms with van der Waals surface area (Å²) in [5.41, 5.74) is 0.939. The van der Waals surface area contributed by atoms with Crippen molar-refractivity contribution in [2.75, 3.05) is 6.54 Å². The Labute approximate surface area is 116 Å². The van der Waals surface area contributed by atoms with Gasteiger partial charge in [-0.05, 0) is 13.0 Å². The summed E-state index contributed by atoms with van der Waals surface area (Å²) < 4.78 is 7.79. The quantitative estimate of drug-likeness (QED) is 0.911. The smallest absolute Gasteiger partial charge is 0.407 e. The second kappa shape index (κ2) is 4.70. The SMILES string of the molecule is C[C@H]1C[C@@H](Oc2cccc3cnn(C)c23)CN1C(=O)O. The van der Waals surface area contributed by atoms with E-state index in [1.165, 1.54) is 4.90 Å². The molecule has 0 saturated carbocycles. The predicted octanol–water partition coefficient (Wildman–Crippen LogP) is 2.09. The Hall–Kier alpha value is -2.24. The van der Waals surface area contributed by atoms with Gasteiger partial charge in [0.2, 0.25) is 0 Å². The molecule has 2 aromatic rings. The summed E-state index contributed by atoms with van der Waals surface area (Å²) in [5.74, 6) is 0.756. The van der Waals surface area contributed by atoms with Gasteiger partial charge in [-0.2, -0.15) is 5.10 Å². The molecule has 1 aromatic carbocycles. The van der Waals surface area contributed by atoms with Crippen LogP contribution in [0, 0.1) is 0 Å². The van der Waals surface area contributed by atoms with Gasteiger partial charge < -0.3 is 14.7 Å². The highest BCUT2D eigenvalue weighted by Crippen LogP contribution is 2.28. The number of hydrogen-bond donors (Lipinski definition) is 1. The van der Waals surface area contributed by atoms with Gasteiger partial charge in [0.05, 0.1) is 12.7 Å². The normalized spacial score (nSPS) is 22.4. The van der Waals surface area contributed by atoms with Crippen molar-refractivity contribution >= 4 is 17.0 Å². The van der Waals surface area contributed by atoms with Crippen molar-refractivity contribution in [3.8, 4) is 5.75 Å². The van der Waals surface area contributed by atoms with Crippen LogP contribution in [0.1, 0.15) is 13.3 Å². The van der Waals surface area contributed by atoms with E-state index in [1.807, 2.05) is 32.2 Å². The first-order chi connectivity index (χ1) is 9.56. The van der Waals surface area contributed by atoms with Gasteiger partial charge in [-0.1, -0.05) is 12.1 Å². The van der Waals surface area contributed by atoms with Gasteiger partial charge in [0.1, 0.15) is 17.4 Å². The largest absolute Gasteiger partial charge is 0.486 e. The number of rotatable bonds is 2. The summed E-state index contributed by atoms with van der Waals surface area (Å²) in [6.45, 7) is 2.31. The summed E-state index contributed by atoms with van der Waals surface area (Å²) in [7, 11) is 1.87. The van der Waals surface area contributed by atoms with Crippen LogP contribution in [0.3, 0.4) is 0 Å². The summed E-state index contributed by atoms with van der Waals surface area (Å²) in [6.07, 6.45) is 1.51. The first-order valence-corrected chi connectivity index (χ1v) is 6.63. The zero-order chi connectivity index (χ0) is 14.3. The van der Waals surface area contributed by atoms with Crippen molar-refractivity contribution in [2.24, 2.45) is 7.05 Å². The lowest BCUT2D eigenvalue weighted by Gasteiger charge is -2.16. The number of hydrogen-bond acceptors (Lipinski definition) is 3. The Kier molecular flexibility index (Phi) is 3.00. The third kappa shape index (κ3) is 2.07. The Bertz CT molecular complexity index is 652. The van der Waals surface area contributed by atoms with Gasteiger partial charge in [-0.15, -0.1) is 0 Å². The van der Waals surface area contributed by atoms with Crippen molar-refractivity contribution in [3.63, 3.8) is 0 Å². The average molecular weight is 275 g/mol. The van der Waals surface area contributed by atoms with Gasteiger partial charge in [-0.25, -0.2) is 4.79 Å². The molecule has 6 heteroatoms. The predicted molar refractivity (Wildman–Crippen MR) is 73.9 cm³/mol. The molecular formula is C14H17N3O3. The number of amides is 1. The Balaban J connectivity index is 1.84. The van der Waals surface area contributed by atoms with Crippen LogP contribution in [0.4, 0.5) is 4.79 Å². The first-order valence-electron chi connectivity index (χ1n) is 6.63. The standard InChI is InChI=1S/C14H17N3O3/c1-9-6-11(8-17(9)14(18)19)20-12-5-3-4-10-7-15-16(2)13(10)12/h3-5,7,9,11H,6,8H2,1-2H3,(H,18,19)/t9-,11+/m0/s1. The third-order valence-corrected chi connectivity index (χ3v) is 3.80. The van der Waals surface area contributed by atoms with E-state index >= 15 is 0 Å². The molecule has 0 radical (unpaired) electrons. The van der Waals surface area contributed by atoms with E-state index in [-0.39, 0.29) is 12.1 Å². The maximum Gasteiger partial charge on any atom is 0.407 e. The van der Waals surface area contributed by atoms with E-state index in [4.69, 9.17) is 9.84 Å². The number of aromatic nitrogens is 2. The minimum atomic E-state index is -0.887. The van der Waals surface area contributed by atoms with E-state index in [9.17, 15) is 4.79 Å². The molecule has 1 N–H and O–H groups in total. The fourth-order valence-corrected chi connectivity index (χ4v) is 2.80. The molecule has 1 aliphatic rings. The lowest BCUT2D eigenvalue weighted by atomic mass is 10.2. The van der Waals surface area contributed by atoms with Crippen molar-refractivity contribution in [2.45, 2.75) is 25.5 Å². The van der Waals surface area contributed by atoms with E-state index in [0.29, 0.717) is 13.0 Å². The van der Waals surface area contributed by atoms with Gasteiger partial charge in [0, 0.05) is 24.9 Å². The molecule has 0 spiro atoms. The molecule has 2 heterocycles.